The van der Waals surface area contributed by atoms with Gasteiger partial charge in [0.2, 0.25) is 0 Å². The van der Waals surface area contributed by atoms with E-state index >= 15 is 0 Å². The van der Waals surface area contributed by atoms with Gasteiger partial charge < -0.3 is 20.4 Å². The minimum atomic E-state index is -1.23. The van der Waals surface area contributed by atoms with Gasteiger partial charge >= 0.3 is 12.0 Å². The van der Waals surface area contributed by atoms with Crippen LogP contribution < -0.4 is 5.32 Å². The largest absolute Gasteiger partial charge is 0.505 e. The van der Waals surface area contributed by atoms with Gasteiger partial charge in [-0.2, -0.15) is 0 Å². The number of nitrogens with one attached hydrogen (secondary N) is 1. The van der Waals surface area contributed by atoms with Crippen molar-refractivity contribution in [3.05, 3.63) is 23.8 Å². The highest BCUT2D eigenvalue weighted by Crippen LogP contribution is 2.29. The summed E-state index contributed by atoms with van der Waals surface area (Å²) in [7, 11) is 0. The van der Waals surface area contributed by atoms with Crippen molar-refractivity contribution in [2.24, 2.45) is 11.8 Å². The van der Waals surface area contributed by atoms with Crippen molar-refractivity contribution < 1.29 is 19.8 Å². The zero-order chi connectivity index (χ0) is 14.9. The summed E-state index contributed by atoms with van der Waals surface area (Å²) in [5.41, 5.74) is -0.118. The second-order valence-corrected chi connectivity index (χ2v) is 5.30. The van der Waals surface area contributed by atoms with Gasteiger partial charge in [-0.3, -0.25) is 0 Å². The highest BCUT2D eigenvalue weighted by molar-refractivity contribution is 5.97. The molecule has 1 aromatic carbocycles. The number of likely N-dealkylation sites (tertiary alicyclic amines) is 1. The highest BCUT2D eigenvalue weighted by atomic mass is 16.4. The molecule has 2 amide bonds. The van der Waals surface area contributed by atoms with E-state index in [1.54, 1.807) is 4.90 Å². The van der Waals surface area contributed by atoms with Crippen LogP contribution in [0.4, 0.5) is 10.5 Å². The number of hydrogen-bond acceptors (Lipinski definition) is 3. The second kappa shape index (κ2) is 5.40. The van der Waals surface area contributed by atoms with Gasteiger partial charge in [-0.15, -0.1) is 0 Å². The van der Waals surface area contributed by atoms with Crippen molar-refractivity contribution in [2.75, 3.05) is 18.4 Å². The molecule has 6 heteroatoms. The van der Waals surface area contributed by atoms with E-state index in [1.165, 1.54) is 18.2 Å². The molecule has 2 atom stereocenters. The Balaban J connectivity index is 2.13. The van der Waals surface area contributed by atoms with E-state index in [0.717, 1.165) is 0 Å². The van der Waals surface area contributed by atoms with Crippen molar-refractivity contribution in [3.8, 4) is 5.75 Å². The number of aromatic carboxylic acids is 1. The number of benzene rings is 1. The number of rotatable bonds is 2. The Morgan fingerprint density at radius 2 is 1.85 bits per heavy atom. The molecule has 1 aliphatic heterocycles. The number of carbonyl (C=O) groups is 2. The maximum absolute atomic E-state index is 12.1. The normalized spacial score (nSPS) is 21.8. The lowest BCUT2D eigenvalue weighted by Gasteiger charge is -2.17. The first-order chi connectivity index (χ1) is 9.40. The Hall–Kier alpha value is -2.24. The van der Waals surface area contributed by atoms with Crippen LogP contribution in [-0.4, -0.2) is 40.2 Å². The summed E-state index contributed by atoms with van der Waals surface area (Å²) >= 11 is 0. The van der Waals surface area contributed by atoms with Crippen molar-refractivity contribution in [1.29, 1.82) is 0 Å². The van der Waals surface area contributed by atoms with E-state index in [1.807, 2.05) is 0 Å². The Bertz CT molecular complexity index is 534. The molecule has 20 heavy (non-hydrogen) atoms. The predicted molar refractivity (Wildman–Crippen MR) is 74.0 cm³/mol. The monoisotopic (exact) mass is 278 g/mol. The fourth-order valence-electron chi connectivity index (χ4n) is 2.31. The van der Waals surface area contributed by atoms with Gasteiger partial charge in [-0.05, 0) is 24.0 Å². The van der Waals surface area contributed by atoms with Crippen LogP contribution in [0.15, 0.2) is 18.2 Å². The predicted octanol–water partition coefficient (Wildman–Crippen LogP) is 2.21. The molecule has 0 aliphatic carbocycles. The van der Waals surface area contributed by atoms with Crippen LogP contribution in [0.5, 0.6) is 5.75 Å². The number of amides is 2. The van der Waals surface area contributed by atoms with Crippen molar-refractivity contribution in [2.45, 2.75) is 13.8 Å². The number of nitrogens with zero attached hydrogens (tertiary/aromatic N) is 1. The van der Waals surface area contributed by atoms with Crippen LogP contribution >= 0.6 is 0 Å². The first kappa shape index (κ1) is 14.2. The molecular weight excluding hydrogens is 260 g/mol. The molecule has 0 saturated carbocycles. The molecule has 0 bridgehead atoms. The Morgan fingerprint density at radius 3 is 2.40 bits per heavy atom. The number of aromatic hydroxyl groups is 1. The van der Waals surface area contributed by atoms with E-state index < -0.39 is 11.7 Å². The van der Waals surface area contributed by atoms with Crippen molar-refractivity contribution in [3.63, 3.8) is 0 Å². The number of anilines is 1. The summed E-state index contributed by atoms with van der Waals surface area (Å²) in [6.45, 7) is 5.49. The minimum Gasteiger partial charge on any atom is -0.505 e. The topological polar surface area (TPSA) is 89.9 Å². The highest BCUT2D eigenvalue weighted by Gasteiger charge is 2.29. The number of phenols is 1. The number of carbonyl (C=O) groups excluding carboxylic acids is 1. The zero-order valence-electron chi connectivity index (χ0n) is 11.5. The van der Waals surface area contributed by atoms with Gasteiger partial charge in [0, 0.05) is 13.1 Å². The summed E-state index contributed by atoms with van der Waals surface area (Å²) in [5, 5.41) is 21.3. The molecule has 0 spiro atoms. The summed E-state index contributed by atoms with van der Waals surface area (Å²) in [6.07, 6.45) is 0. The van der Waals surface area contributed by atoms with Crippen LogP contribution in [0.2, 0.25) is 0 Å². The number of para-hydroxylation sites is 1. The summed E-state index contributed by atoms with van der Waals surface area (Å²) in [5.74, 6) is -0.796. The van der Waals surface area contributed by atoms with Crippen LogP contribution in [-0.2, 0) is 0 Å². The SMILES string of the molecule is CC1CN(C(=O)Nc2cccc(C(=O)O)c2O)CC1C. The smallest absolute Gasteiger partial charge is 0.339 e. The molecule has 0 aromatic heterocycles. The van der Waals surface area contributed by atoms with E-state index in [-0.39, 0.29) is 17.3 Å². The van der Waals surface area contributed by atoms with Crippen LogP contribution in [0.3, 0.4) is 0 Å². The third-order valence-electron chi connectivity index (χ3n) is 3.78. The third-order valence-corrected chi connectivity index (χ3v) is 3.78. The molecule has 0 radical (unpaired) electrons. The second-order valence-electron chi connectivity index (χ2n) is 5.30. The molecule has 3 N–H and O–H groups in total. The third kappa shape index (κ3) is 2.68. The zero-order valence-corrected chi connectivity index (χ0v) is 11.5. The molecule has 1 heterocycles. The Labute approximate surface area is 117 Å². The van der Waals surface area contributed by atoms with E-state index in [4.69, 9.17) is 5.11 Å². The van der Waals surface area contributed by atoms with E-state index in [0.29, 0.717) is 24.9 Å². The van der Waals surface area contributed by atoms with Crippen LogP contribution in [0.25, 0.3) is 0 Å². The lowest BCUT2D eigenvalue weighted by molar-refractivity contribution is 0.0693. The molecule has 108 valence electrons. The van der Waals surface area contributed by atoms with Crippen molar-refractivity contribution >= 4 is 17.7 Å². The summed E-state index contributed by atoms with van der Waals surface area (Å²) in [4.78, 5) is 24.7. The fraction of sp³-hybridized carbons (Fsp3) is 0.429. The van der Waals surface area contributed by atoms with E-state index in [9.17, 15) is 14.7 Å². The standard InChI is InChI=1S/C14H18N2O4/c1-8-6-16(7-9(8)2)14(20)15-11-5-3-4-10(12(11)17)13(18)19/h3-5,8-9,17H,6-7H2,1-2H3,(H,15,20)(H,18,19). The quantitative estimate of drug-likeness (QED) is 0.723. The average molecular weight is 278 g/mol. The molecule has 1 fully saturated rings. The maximum Gasteiger partial charge on any atom is 0.339 e. The van der Waals surface area contributed by atoms with Gasteiger partial charge in [-0.1, -0.05) is 19.9 Å². The first-order valence-electron chi connectivity index (χ1n) is 6.51. The van der Waals surface area contributed by atoms with Gasteiger partial charge in [0.1, 0.15) is 5.56 Å². The Kier molecular flexibility index (Phi) is 3.83. The van der Waals surface area contributed by atoms with Gasteiger partial charge in [0.15, 0.2) is 5.75 Å². The molecule has 2 unspecified atom stereocenters. The molecular formula is C14H18N2O4. The Morgan fingerprint density at radius 1 is 1.25 bits per heavy atom. The molecule has 6 nitrogen and oxygen atoms in total. The van der Waals surface area contributed by atoms with Gasteiger partial charge in [-0.25, -0.2) is 9.59 Å². The molecule has 1 aliphatic rings. The van der Waals surface area contributed by atoms with Gasteiger partial charge in [0.25, 0.3) is 0 Å². The van der Waals surface area contributed by atoms with Gasteiger partial charge in [0.05, 0.1) is 5.69 Å². The van der Waals surface area contributed by atoms with Crippen LogP contribution in [0.1, 0.15) is 24.2 Å². The first-order valence-corrected chi connectivity index (χ1v) is 6.51. The summed E-state index contributed by atoms with van der Waals surface area (Å²) < 4.78 is 0. The number of urea groups is 1. The number of hydrogen-bond donors (Lipinski definition) is 3. The molecule has 2 rings (SSSR count). The lowest BCUT2D eigenvalue weighted by atomic mass is 10.0. The molecule has 1 saturated heterocycles. The van der Waals surface area contributed by atoms with Crippen molar-refractivity contribution in [1.82, 2.24) is 4.90 Å². The maximum atomic E-state index is 12.1. The fourth-order valence-corrected chi connectivity index (χ4v) is 2.31. The number of carboxylic acids is 1. The molecule has 1 aromatic rings. The average Bonchev–Trinajstić information content (AvgIpc) is 2.72. The summed E-state index contributed by atoms with van der Waals surface area (Å²) in [6, 6.07) is 3.92. The van der Waals surface area contributed by atoms with Crippen LogP contribution in [0, 0.1) is 11.8 Å². The minimum absolute atomic E-state index is 0.113. The van der Waals surface area contributed by atoms with E-state index in [2.05, 4.69) is 19.2 Å². The lowest BCUT2D eigenvalue weighted by Crippen LogP contribution is -2.33. The number of carboxylic acid groups (broad SMARTS) is 1.